The van der Waals surface area contributed by atoms with Crippen LogP contribution < -0.4 is 10.6 Å². The lowest BCUT2D eigenvalue weighted by atomic mass is 10.1. The molecule has 0 aliphatic heterocycles. The van der Waals surface area contributed by atoms with Gasteiger partial charge in [-0.1, -0.05) is 120 Å². The number of carboxylic acid groups (broad SMARTS) is 1. The van der Waals surface area contributed by atoms with Crippen LogP contribution >= 0.6 is 0 Å². The zero-order valence-corrected chi connectivity index (χ0v) is 31.1. The summed E-state index contributed by atoms with van der Waals surface area (Å²) in [5, 5.41) is 22.4. The van der Waals surface area contributed by atoms with Crippen molar-refractivity contribution in [1.29, 1.82) is 0 Å². The number of esters is 1. The van der Waals surface area contributed by atoms with E-state index in [2.05, 4.69) is 79.2 Å². The molecule has 0 saturated heterocycles. The molecule has 0 bridgehead atoms. The minimum atomic E-state index is -1.39. The Morgan fingerprint density at radius 3 is 1.82 bits per heavy atom. The Balaban J connectivity index is 4.07. The number of ether oxygens (including phenoxy) is 1. The number of aliphatic hydroxyl groups excluding tert-OH is 1. The number of hydrogen-bond acceptors (Lipinski definition) is 6. The van der Waals surface area contributed by atoms with E-state index in [-0.39, 0.29) is 30.9 Å². The van der Waals surface area contributed by atoms with Gasteiger partial charge in [-0.2, -0.15) is 0 Å². The van der Waals surface area contributed by atoms with Gasteiger partial charge >= 0.3 is 11.9 Å². The van der Waals surface area contributed by atoms with Crippen molar-refractivity contribution in [1.82, 2.24) is 10.6 Å². The Morgan fingerprint density at radius 1 is 0.640 bits per heavy atom. The van der Waals surface area contributed by atoms with Crippen LogP contribution in [0, 0.1) is 0 Å². The van der Waals surface area contributed by atoms with Crippen molar-refractivity contribution in [3.8, 4) is 0 Å². The van der Waals surface area contributed by atoms with E-state index in [0.29, 0.717) is 12.8 Å². The van der Waals surface area contributed by atoms with Crippen molar-refractivity contribution >= 4 is 23.8 Å². The summed E-state index contributed by atoms with van der Waals surface area (Å²) >= 11 is 0. The molecule has 0 aromatic heterocycles. The Morgan fingerprint density at radius 2 is 1.20 bits per heavy atom. The van der Waals surface area contributed by atoms with E-state index in [1.807, 2.05) is 6.08 Å². The minimum absolute atomic E-state index is 0.135. The van der Waals surface area contributed by atoms with Crippen molar-refractivity contribution in [2.45, 2.75) is 161 Å². The highest BCUT2D eigenvalue weighted by Gasteiger charge is 2.18. The van der Waals surface area contributed by atoms with E-state index in [9.17, 15) is 19.2 Å². The Bertz CT molecular complexity index is 1030. The zero-order chi connectivity index (χ0) is 36.9. The van der Waals surface area contributed by atoms with Crippen molar-refractivity contribution in [2.24, 2.45) is 0 Å². The molecule has 0 fully saturated rings. The SMILES string of the molecule is CC/C=C\C/C=C\C/C=C\C/C=C\CCCCCCCCC(=O)OC(/C=C\CCCC)CCCCCCC(=O)NCC(=O)NC(CO)C(=O)O. The van der Waals surface area contributed by atoms with Crippen molar-refractivity contribution in [3.63, 3.8) is 0 Å². The van der Waals surface area contributed by atoms with Gasteiger partial charge in [-0.15, -0.1) is 0 Å². The molecule has 0 rings (SSSR count). The van der Waals surface area contributed by atoms with Gasteiger partial charge in [0.1, 0.15) is 12.1 Å². The molecule has 0 aliphatic carbocycles. The first-order chi connectivity index (χ1) is 24.3. The molecule has 0 saturated carbocycles. The van der Waals surface area contributed by atoms with E-state index in [1.54, 1.807) is 0 Å². The number of carboxylic acids is 1. The van der Waals surface area contributed by atoms with E-state index in [1.165, 1.54) is 19.3 Å². The zero-order valence-electron chi connectivity index (χ0n) is 31.1. The number of unbranched alkanes of at least 4 members (excludes halogenated alkanes) is 11. The summed E-state index contributed by atoms with van der Waals surface area (Å²) < 4.78 is 5.82. The number of allylic oxidation sites excluding steroid dienone is 9. The highest BCUT2D eigenvalue weighted by atomic mass is 16.5. The average Bonchev–Trinajstić information content (AvgIpc) is 3.10. The van der Waals surface area contributed by atoms with Gasteiger partial charge in [0.2, 0.25) is 11.8 Å². The van der Waals surface area contributed by atoms with E-state index in [4.69, 9.17) is 14.9 Å². The third-order valence-corrected chi connectivity index (χ3v) is 7.98. The van der Waals surface area contributed by atoms with Crippen LogP contribution in [0.4, 0.5) is 0 Å². The fraction of sp³-hybridized carbons (Fsp3) is 0.659. The molecule has 0 aromatic carbocycles. The molecule has 9 heteroatoms. The topological polar surface area (TPSA) is 142 Å². The molecular formula is C41H68N2O7. The highest BCUT2D eigenvalue weighted by molar-refractivity contribution is 5.87. The number of carbonyl (C=O) groups is 4. The molecule has 0 aliphatic rings. The van der Waals surface area contributed by atoms with Crippen LogP contribution in [-0.2, 0) is 23.9 Å². The number of nitrogens with one attached hydrogen (secondary N) is 2. The molecule has 0 radical (unpaired) electrons. The number of rotatable bonds is 33. The monoisotopic (exact) mass is 701 g/mol. The second kappa shape index (κ2) is 35.4. The van der Waals surface area contributed by atoms with E-state index in [0.717, 1.165) is 96.3 Å². The van der Waals surface area contributed by atoms with Crippen molar-refractivity contribution in [3.05, 3.63) is 60.8 Å². The molecule has 0 spiro atoms. The lowest BCUT2D eigenvalue weighted by Gasteiger charge is -2.15. The van der Waals surface area contributed by atoms with Crippen LogP contribution in [0.1, 0.15) is 149 Å². The second-order valence-electron chi connectivity index (χ2n) is 12.6. The van der Waals surface area contributed by atoms with Gasteiger partial charge in [0.05, 0.1) is 13.2 Å². The largest absolute Gasteiger partial charge is 0.480 e. The van der Waals surface area contributed by atoms with Crippen LogP contribution in [0.25, 0.3) is 0 Å². The maximum absolute atomic E-state index is 12.6. The number of hydrogen-bond donors (Lipinski definition) is 4. The Kier molecular flexibility index (Phi) is 32.9. The van der Waals surface area contributed by atoms with Gasteiger partial charge in [-0.05, 0) is 76.7 Å². The van der Waals surface area contributed by atoms with Crippen LogP contribution in [0.15, 0.2) is 60.8 Å². The van der Waals surface area contributed by atoms with Crippen molar-refractivity contribution < 1.29 is 34.1 Å². The van der Waals surface area contributed by atoms with Gasteiger partial charge in [0.25, 0.3) is 0 Å². The van der Waals surface area contributed by atoms with Gasteiger partial charge in [0, 0.05) is 12.8 Å². The predicted molar refractivity (Wildman–Crippen MR) is 204 cm³/mol. The molecule has 0 heterocycles. The molecule has 2 amide bonds. The fourth-order valence-corrected chi connectivity index (χ4v) is 5.01. The molecule has 284 valence electrons. The Labute approximate surface area is 302 Å². The lowest BCUT2D eigenvalue weighted by molar-refractivity contribution is -0.147. The van der Waals surface area contributed by atoms with Gasteiger partial charge in [-0.3, -0.25) is 14.4 Å². The lowest BCUT2D eigenvalue weighted by Crippen LogP contribution is -2.47. The van der Waals surface area contributed by atoms with Crippen LogP contribution in [0.3, 0.4) is 0 Å². The number of carbonyl (C=O) groups excluding carboxylic acids is 3. The van der Waals surface area contributed by atoms with Crippen molar-refractivity contribution in [2.75, 3.05) is 13.2 Å². The normalized spacial score (nSPS) is 13.2. The molecule has 50 heavy (non-hydrogen) atoms. The summed E-state index contributed by atoms with van der Waals surface area (Å²) in [7, 11) is 0. The van der Waals surface area contributed by atoms with E-state index >= 15 is 0 Å². The predicted octanol–water partition coefficient (Wildman–Crippen LogP) is 8.59. The quantitative estimate of drug-likeness (QED) is 0.0305. The van der Waals surface area contributed by atoms with Gasteiger partial charge < -0.3 is 25.6 Å². The maximum Gasteiger partial charge on any atom is 0.328 e. The number of aliphatic carboxylic acids is 1. The third kappa shape index (κ3) is 31.8. The maximum atomic E-state index is 12.6. The number of aliphatic hydroxyl groups is 1. The van der Waals surface area contributed by atoms with Gasteiger partial charge in [0.15, 0.2) is 0 Å². The molecule has 4 N–H and O–H groups in total. The first kappa shape index (κ1) is 46.5. The smallest absolute Gasteiger partial charge is 0.328 e. The fourth-order valence-electron chi connectivity index (χ4n) is 5.01. The average molecular weight is 701 g/mol. The summed E-state index contributed by atoms with van der Waals surface area (Å²) in [5.74, 6) is -2.43. The minimum Gasteiger partial charge on any atom is -0.480 e. The molecular weight excluding hydrogens is 632 g/mol. The van der Waals surface area contributed by atoms with Gasteiger partial charge in [-0.25, -0.2) is 4.79 Å². The molecule has 9 nitrogen and oxygen atoms in total. The van der Waals surface area contributed by atoms with Crippen LogP contribution in [0.2, 0.25) is 0 Å². The standard InChI is InChI=1S/C41H68N2O7/c1-3-5-7-9-10-11-12-13-14-15-16-17-18-19-20-21-22-23-29-33-40(47)50-36(30-26-8-6-4-2)31-27-24-25-28-32-38(45)42-34-39(46)43-37(35-44)41(48)49/h5,7,10-11,13-14,16-17,26,30,36-37,44H,3-4,6,8-9,12,15,18-25,27-29,31-35H2,1-2H3,(H,42,45)(H,43,46)(H,48,49)/b7-5-,11-10-,14-13-,17-16-,30-26-. The second-order valence-corrected chi connectivity index (χ2v) is 12.6. The first-order valence-corrected chi connectivity index (χ1v) is 19.2. The highest BCUT2D eigenvalue weighted by Crippen LogP contribution is 2.14. The molecule has 2 unspecified atom stereocenters. The third-order valence-electron chi connectivity index (χ3n) is 7.98. The first-order valence-electron chi connectivity index (χ1n) is 19.2. The molecule has 2 atom stereocenters. The van der Waals surface area contributed by atoms with Crippen LogP contribution in [0.5, 0.6) is 0 Å². The summed E-state index contributed by atoms with van der Waals surface area (Å²) in [5.41, 5.74) is 0. The summed E-state index contributed by atoms with van der Waals surface area (Å²) in [6, 6.07) is -1.39. The summed E-state index contributed by atoms with van der Waals surface area (Å²) in [4.78, 5) is 47.2. The summed E-state index contributed by atoms with van der Waals surface area (Å²) in [6.45, 7) is 3.24. The number of amides is 2. The summed E-state index contributed by atoms with van der Waals surface area (Å²) in [6.07, 6.45) is 41.5. The molecule has 0 aromatic rings. The van der Waals surface area contributed by atoms with Crippen LogP contribution in [-0.4, -0.2) is 59.3 Å². The van der Waals surface area contributed by atoms with E-state index < -0.39 is 24.5 Å². The Hall–Kier alpha value is -3.46.